The number of anilines is 1. The first-order chi connectivity index (χ1) is 15.8. The van der Waals surface area contributed by atoms with Gasteiger partial charge in [-0.25, -0.2) is 26.6 Å². The molecule has 0 bridgehead atoms. The van der Waals surface area contributed by atoms with E-state index in [1.165, 1.54) is 34.1 Å². The lowest BCUT2D eigenvalue weighted by Crippen LogP contribution is -2.52. The Morgan fingerprint density at radius 3 is 2.73 bits per heavy atom. The Hall–Kier alpha value is -2.27. The second kappa shape index (κ2) is 8.50. The number of nitrogens with one attached hydrogen (secondary N) is 1. The van der Waals surface area contributed by atoms with E-state index in [0.717, 1.165) is 11.1 Å². The third kappa shape index (κ3) is 4.21. The summed E-state index contributed by atoms with van der Waals surface area (Å²) in [6, 6.07) is 9.67. The van der Waals surface area contributed by atoms with E-state index in [1.807, 2.05) is 0 Å². The molecule has 5 rings (SSSR count). The van der Waals surface area contributed by atoms with Gasteiger partial charge in [0.1, 0.15) is 12.4 Å². The van der Waals surface area contributed by atoms with Crippen molar-refractivity contribution < 1.29 is 21.9 Å². The number of sulfonamides is 1. The van der Waals surface area contributed by atoms with E-state index in [-0.39, 0.29) is 29.0 Å². The fourth-order valence-electron chi connectivity index (χ4n) is 4.35. The number of rotatable bonds is 6. The maximum absolute atomic E-state index is 15.6. The van der Waals surface area contributed by atoms with E-state index < -0.39 is 22.4 Å². The molecular formula is C22H20ClF2N3O3S2. The number of nitrogens with zero attached hydrogens (tertiary/aromatic N) is 2. The van der Waals surface area contributed by atoms with Gasteiger partial charge < -0.3 is 4.74 Å². The molecule has 0 saturated carbocycles. The van der Waals surface area contributed by atoms with E-state index >= 15 is 4.39 Å². The van der Waals surface area contributed by atoms with Crippen molar-refractivity contribution in [2.45, 2.75) is 29.6 Å². The van der Waals surface area contributed by atoms with Crippen LogP contribution in [0.3, 0.4) is 0 Å². The molecule has 1 aromatic heterocycles. The van der Waals surface area contributed by atoms with E-state index in [0.29, 0.717) is 29.9 Å². The molecule has 3 heterocycles. The normalized spacial score (nSPS) is 19.9. The average molecular weight is 512 g/mol. The SMILES string of the molecule is O=S(=O)(Nc1nccs1)c1ccc2c(c1)OCCC2c1ccc(CF)cc1C1(F)CN(Cl)C1. The highest BCUT2D eigenvalue weighted by Crippen LogP contribution is 2.46. The van der Waals surface area contributed by atoms with Crippen LogP contribution in [0.5, 0.6) is 5.75 Å². The highest BCUT2D eigenvalue weighted by Gasteiger charge is 2.47. The fourth-order valence-corrected chi connectivity index (χ4v) is 6.54. The summed E-state index contributed by atoms with van der Waals surface area (Å²) in [6.45, 7) is -0.308. The van der Waals surface area contributed by atoms with Gasteiger partial charge in [-0.1, -0.05) is 18.2 Å². The van der Waals surface area contributed by atoms with Crippen LogP contribution in [-0.4, -0.2) is 37.5 Å². The van der Waals surface area contributed by atoms with Gasteiger partial charge in [0.05, 0.1) is 24.6 Å². The standard InChI is InChI=1S/C22H20ClF2N3O3S2/c23-28-12-22(25,13-28)19-9-14(11-24)1-3-17(19)16-5-7-31-20-10-15(2-4-18(16)20)33(29,30)27-21-26-6-8-32-21/h1-4,6,8-10,16H,5,7,11-13H2,(H,26,27). The number of aromatic nitrogens is 1. The molecule has 2 aliphatic rings. The van der Waals surface area contributed by atoms with Gasteiger partial charge in [0, 0.05) is 29.1 Å². The second-order valence-electron chi connectivity index (χ2n) is 8.13. The van der Waals surface area contributed by atoms with Crippen LogP contribution in [-0.2, 0) is 22.4 Å². The average Bonchev–Trinajstić information content (AvgIpc) is 3.29. The van der Waals surface area contributed by atoms with E-state index in [2.05, 4.69) is 9.71 Å². The summed E-state index contributed by atoms with van der Waals surface area (Å²) < 4.78 is 64.1. The van der Waals surface area contributed by atoms with Crippen LogP contribution in [0.4, 0.5) is 13.9 Å². The fraction of sp³-hybridized carbons (Fsp3) is 0.318. The summed E-state index contributed by atoms with van der Waals surface area (Å²) in [4.78, 5) is 4.00. The topological polar surface area (TPSA) is 71.5 Å². The van der Waals surface area contributed by atoms with Crippen molar-refractivity contribution in [2.75, 3.05) is 24.4 Å². The number of halogens is 3. The predicted octanol–water partition coefficient (Wildman–Crippen LogP) is 4.96. The Labute approximate surface area is 199 Å². The summed E-state index contributed by atoms with van der Waals surface area (Å²) in [6.07, 6.45) is 2.09. The number of hydrogen-bond acceptors (Lipinski definition) is 6. The van der Waals surface area contributed by atoms with Crippen LogP contribution < -0.4 is 9.46 Å². The van der Waals surface area contributed by atoms with E-state index in [1.54, 1.807) is 29.6 Å². The Bertz CT molecular complexity index is 1280. The van der Waals surface area contributed by atoms with Crippen LogP contribution in [0.15, 0.2) is 52.9 Å². The third-order valence-corrected chi connectivity index (χ3v) is 8.36. The zero-order chi connectivity index (χ0) is 23.2. The van der Waals surface area contributed by atoms with Gasteiger partial charge in [-0.2, -0.15) is 0 Å². The lowest BCUT2D eigenvalue weighted by atomic mass is 9.77. The van der Waals surface area contributed by atoms with Crippen LogP contribution in [0, 0.1) is 0 Å². The van der Waals surface area contributed by atoms with E-state index in [4.69, 9.17) is 16.5 Å². The molecule has 1 fully saturated rings. The van der Waals surface area contributed by atoms with Crippen molar-refractivity contribution in [3.05, 3.63) is 70.2 Å². The summed E-state index contributed by atoms with van der Waals surface area (Å²) in [7, 11) is -3.84. The first-order valence-corrected chi connectivity index (χ1v) is 13.0. The monoisotopic (exact) mass is 511 g/mol. The minimum absolute atomic E-state index is 0.0208. The van der Waals surface area contributed by atoms with Gasteiger partial charge in [-0.15, -0.1) is 11.3 Å². The highest BCUT2D eigenvalue weighted by atomic mass is 35.5. The molecular weight excluding hydrogens is 492 g/mol. The van der Waals surface area contributed by atoms with Crippen LogP contribution in [0.25, 0.3) is 0 Å². The zero-order valence-corrected chi connectivity index (χ0v) is 19.7. The molecule has 33 heavy (non-hydrogen) atoms. The lowest BCUT2D eigenvalue weighted by Gasteiger charge is -2.42. The first-order valence-electron chi connectivity index (χ1n) is 10.3. The van der Waals surface area contributed by atoms with Crippen molar-refractivity contribution in [3.8, 4) is 5.75 Å². The molecule has 1 N–H and O–H groups in total. The number of ether oxygens (including phenoxy) is 1. The van der Waals surface area contributed by atoms with Gasteiger partial charge in [0.15, 0.2) is 10.8 Å². The van der Waals surface area contributed by atoms with Crippen molar-refractivity contribution in [3.63, 3.8) is 0 Å². The Kier molecular flexibility index (Phi) is 5.80. The predicted molar refractivity (Wildman–Crippen MR) is 123 cm³/mol. The molecule has 2 aromatic carbocycles. The summed E-state index contributed by atoms with van der Waals surface area (Å²) in [5, 5.41) is 1.94. The van der Waals surface area contributed by atoms with Crippen LogP contribution in [0.1, 0.15) is 34.6 Å². The molecule has 0 radical (unpaired) electrons. The van der Waals surface area contributed by atoms with Crippen LogP contribution >= 0.6 is 23.1 Å². The van der Waals surface area contributed by atoms with Crippen molar-refractivity contribution in [1.29, 1.82) is 0 Å². The summed E-state index contributed by atoms with van der Waals surface area (Å²) in [5.74, 6) is 0.201. The lowest BCUT2D eigenvalue weighted by molar-refractivity contribution is 0.0182. The quantitative estimate of drug-likeness (QED) is 0.473. The Morgan fingerprint density at radius 1 is 1.24 bits per heavy atom. The number of hydrogen-bond donors (Lipinski definition) is 1. The Balaban J connectivity index is 1.52. The smallest absolute Gasteiger partial charge is 0.263 e. The number of fused-ring (bicyclic) bond motifs is 1. The van der Waals surface area contributed by atoms with Gasteiger partial charge in [-0.3, -0.25) is 4.72 Å². The van der Waals surface area contributed by atoms with Crippen molar-refractivity contribution >= 4 is 38.3 Å². The molecule has 174 valence electrons. The van der Waals surface area contributed by atoms with Gasteiger partial charge in [-0.05, 0) is 47.0 Å². The summed E-state index contributed by atoms with van der Waals surface area (Å²) in [5.41, 5.74) is 0.659. The molecule has 6 nitrogen and oxygen atoms in total. The minimum atomic E-state index is -3.84. The molecule has 0 amide bonds. The summed E-state index contributed by atoms with van der Waals surface area (Å²) >= 11 is 7.10. The first kappa shape index (κ1) is 22.5. The number of benzene rings is 2. The highest BCUT2D eigenvalue weighted by molar-refractivity contribution is 7.93. The largest absolute Gasteiger partial charge is 0.493 e. The maximum Gasteiger partial charge on any atom is 0.263 e. The molecule has 1 unspecified atom stereocenters. The van der Waals surface area contributed by atoms with Crippen molar-refractivity contribution in [2.24, 2.45) is 0 Å². The molecule has 11 heteroatoms. The second-order valence-corrected chi connectivity index (χ2v) is 11.2. The number of thiazole rings is 1. The number of alkyl halides is 2. The van der Waals surface area contributed by atoms with E-state index in [9.17, 15) is 12.8 Å². The van der Waals surface area contributed by atoms with Gasteiger partial charge >= 0.3 is 0 Å². The maximum atomic E-state index is 15.6. The Morgan fingerprint density at radius 2 is 2.03 bits per heavy atom. The zero-order valence-electron chi connectivity index (χ0n) is 17.3. The van der Waals surface area contributed by atoms with Crippen molar-refractivity contribution in [1.82, 2.24) is 9.40 Å². The molecule has 1 saturated heterocycles. The van der Waals surface area contributed by atoms with Gasteiger partial charge in [0.25, 0.3) is 10.0 Å². The molecule has 3 aromatic rings. The molecule has 1 atom stereocenters. The van der Waals surface area contributed by atoms with Crippen LogP contribution in [0.2, 0.25) is 0 Å². The van der Waals surface area contributed by atoms with Gasteiger partial charge in [0.2, 0.25) is 0 Å². The minimum Gasteiger partial charge on any atom is -0.493 e. The molecule has 0 spiro atoms. The molecule has 0 aliphatic carbocycles. The third-order valence-electron chi connectivity index (χ3n) is 5.96. The molecule has 2 aliphatic heterocycles.